The first-order valence-corrected chi connectivity index (χ1v) is 6.31. The van der Waals surface area contributed by atoms with Crippen LogP contribution >= 0.6 is 8.20 Å². The first-order valence-electron chi connectivity index (χ1n) is 5.05. The molecule has 0 spiro atoms. The largest absolute Gasteiger partial charge is 0.343 e. The Hall–Kier alpha value is -0.890. The van der Waals surface area contributed by atoms with Crippen LogP contribution in [0.3, 0.4) is 0 Å². The van der Waals surface area contributed by atoms with Crippen molar-refractivity contribution in [2.45, 2.75) is 26.3 Å². The summed E-state index contributed by atoms with van der Waals surface area (Å²) < 4.78 is 0. The SMILES string of the molecule is C=PCN1CC(=O)NC(CC(C)C)C1=O. The van der Waals surface area contributed by atoms with Crippen LogP contribution < -0.4 is 5.32 Å². The van der Waals surface area contributed by atoms with Crippen LogP contribution in [0.25, 0.3) is 0 Å². The first-order chi connectivity index (χ1) is 7.04. The van der Waals surface area contributed by atoms with E-state index in [2.05, 4.69) is 11.6 Å². The van der Waals surface area contributed by atoms with Gasteiger partial charge < -0.3 is 10.2 Å². The molecule has 0 saturated carbocycles. The predicted molar refractivity (Wildman–Crippen MR) is 62.0 cm³/mol. The van der Waals surface area contributed by atoms with Gasteiger partial charge in [0.1, 0.15) is 12.6 Å². The minimum Gasteiger partial charge on any atom is -0.343 e. The van der Waals surface area contributed by atoms with Crippen molar-refractivity contribution in [1.82, 2.24) is 10.2 Å². The molecule has 0 bridgehead atoms. The Morgan fingerprint density at radius 2 is 2.27 bits per heavy atom. The average molecular weight is 228 g/mol. The zero-order valence-electron chi connectivity index (χ0n) is 9.19. The molecule has 1 aliphatic rings. The van der Waals surface area contributed by atoms with Gasteiger partial charge in [-0.3, -0.25) is 9.59 Å². The van der Waals surface area contributed by atoms with Gasteiger partial charge in [-0.1, -0.05) is 28.4 Å². The molecule has 0 radical (unpaired) electrons. The third kappa shape index (κ3) is 3.31. The summed E-state index contributed by atoms with van der Waals surface area (Å²) in [5, 5.41) is 2.73. The van der Waals surface area contributed by atoms with Crippen molar-refractivity contribution >= 4 is 26.3 Å². The Kier molecular flexibility index (Phi) is 4.28. The smallest absolute Gasteiger partial charge is 0.246 e. The second-order valence-corrected chi connectivity index (χ2v) is 4.88. The maximum Gasteiger partial charge on any atom is 0.246 e. The third-order valence-electron chi connectivity index (χ3n) is 2.26. The van der Waals surface area contributed by atoms with Crippen LogP contribution in [0, 0.1) is 5.92 Å². The molecule has 15 heavy (non-hydrogen) atoms. The summed E-state index contributed by atoms with van der Waals surface area (Å²) in [7, 11) is 0.867. The number of amides is 2. The van der Waals surface area contributed by atoms with Crippen molar-refractivity contribution in [2.24, 2.45) is 5.92 Å². The summed E-state index contributed by atoms with van der Waals surface area (Å²) in [6.45, 7) is 4.26. The van der Waals surface area contributed by atoms with Gasteiger partial charge in [0.2, 0.25) is 11.8 Å². The van der Waals surface area contributed by atoms with E-state index < -0.39 is 0 Å². The topological polar surface area (TPSA) is 49.4 Å². The Morgan fingerprint density at radius 3 is 2.80 bits per heavy atom. The van der Waals surface area contributed by atoms with Crippen molar-refractivity contribution in [3.63, 3.8) is 0 Å². The number of carbonyl (C=O) groups is 2. The summed E-state index contributed by atoms with van der Waals surface area (Å²) in [5.41, 5.74) is 0. The van der Waals surface area contributed by atoms with E-state index in [0.29, 0.717) is 18.6 Å². The fraction of sp³-hybridized carbons (Fsp3) is 0.700. The van der Waals surface area contributed by atoms with Crippen LogP contribution in [0.4, 0.5) is 0 Å². The molecule has 1 atom stereocenters. The monoisotopic (exact) mass is 228 g/mol. The van der Waals surface area contributed by atoms with Crippen LogP contribution in [-0.2, 0) is 9.59 Å². The summed E-state index contributed by atoms with van der Waals surface area (Å²) >= 11 is 0. The molecule has 0 aliphatic carbocycles. The molecule has 2 amide bonds. The summed E-state index contributed by atoms with van der Waals surface area (Å²) in [5.74, 6) is 0.361. The number of nitrogens with one attached hydrogen (secondary N) is 1. The molecule has 1 fully saturated rings. The maximum atomic E-state index is 11.9. The molecule has 1 saturated heterocycles. The molecule has 1 heterocycles. The maximum absolute atomic E-state index is 11.9. The molecule has 84 valence electrons. The highest BCUT2D eigenvalue weighted by atomic mass is 31.1. The van der Waals surface area contributed by atoms with Gasteiger partial charge in [-0.05, 0) is 12.3 Å². The molecular weight excluding hydrogens is 211 g/mol. The van der Waals surface area contributed by atoms with Gasteiger partial charge in [-0.2, -0.15) is 0 Å². The lowest BCUT2D eigenvalue weighted by molar-refractivity contribution is -0.143. The van der Waals surface area contributed by atoms with Crippen LogP contribution in [0.1, 0.15) is 20.3 Å². The van der Waals surface area contributed by atoms with Gasteiger partial charge in [-0.15, -0.1) is 0 Å². The van der Waals surface area contributed by atoms with Crippen molar-refractivity contribution < 1.29 is 9.59 Å². The summed E-state index contributed by atoms with van der Waals surface area (Å²) in [6.07, 6.45) is 4.92. The Bertz CT molecular complexity index is 279. The summed E-state index contributed by atoms with van der Waals surface area (Å²) in [4.78, 5) is 24.8. The van der Waals surface area contributed by atoms with Crippen molar-refractivity contribution in [3.8, 4) is 0 Å². The molecule has 1 aliphatic heterocycles. The van der Waals surface area contributed by atoms with Gasteiger partial charge in [-0.25, -0.2) is 0 Å². The number of rotatable bonds is 4. The van der Waals surface area contributed by atoms with Crippen molar-refractivity contribution in [2.75, 3.05) is 12.8 Å². The Labute approximate surface area is 91.8 Å². The van der Waals surface area contributed by atoms with Crippen LogP contribution in [0.15, 0.2) is 0 Å². The minimum absolute atomic E-state index is 0.0273. The molecule has 1 unspecified atom stereocenters. The number of hydrogen-bond donors (Lipinski definition) is 1. The van der Waals surface area contributed by atoms with Crippen LogP contribution in [-0.4, -0.2) is 41.9 Å². The lowest BCUT2D eigenvalue weighted by atomic mass is 10.0. The molecule has 0 aromatic heterocycles. The molecule has 1 N–H and O–H groups in total. The quantitative estimate of drug-likeness (QED) is 0.720. The summed E-state index contributed by atoms with van der Waals surface area (Å²) in [6, 6.07) is -0.340. The van der Waals surface area contributed by atoms with E-state index >= 15 is 0 Å². The Morgan fingerprint density at radius 1 is 1.60 bits per heavy atom. The van der Waals surface area contributed by atoms with E-state index in [9.17, 15) is 9.59 Å². The number of carbonyl (C=O) groups excluding carboxylic acids is 2. The second-order valence-electron chi connectivity index (χ2n) is 4.15. The molecule has 1 rings (SSSR count). The van der Waals surface area contributed by atoms with E-state index in [1.807, 2.05) is 13.8 Å². The molecule has 4 nitrogen and oxygen atoms in total. The second kappa shape index (κ2) is 5.26. The Balaban J connectivity index is 2.67. The zero-order chi connectivity index (χ0) is 11.4. The predicted octanol–water partition coefficient (Wildman–Crippen LogP) is 0.695. The van der Waals surface area contributed by atoms with Gasteiger partial charge in [0.25, 0.3) is 0 Å². The third-order valence-corrected chi connectivity index (χ3v) is 2.80. The fourth-order valence-corrected chi connectivity index (χ4v) is 2.13. The average Bonchev–Trinajstić information content (AvgIpc) is 2.12. The van der Waals surface area contributed by atoms with Gasteiger partial charge in [0.15, 0.2) is 0 Å². The minimum atomic E-state index is -0.340. The zero-order valence-corrected chi connectivity index (χ0v) is 10.1. The molecule has 0 aromatic rings. The van der Waals surface area contributed by atoms with Crippen molar-refractivity contribution in [3.05, 3.63) is 0 Å². The highest BCUT2D eigenvalue weighted by Gasteiger charge is 2.32. The van der Waals surface area contributed by atoms with Crippen LogP contribution in [0.5, 0.6) is 0 Å². The lowest BCUT2D eigenvalue weighted by Gasteiger charge is -2.32. The van der Waals surface area contributed by atoms with Gasteiger partial charge >= 0.3 is 0 Å². The number of piperazine rings is 1. The molecule has 5 heteroatoms. The standard InChI is InChI=1S/C10H17N2O2P/c1-7(2)4-8-10(14)12(6-15-3)5-9(13)11-8/h7-8H,3-6H2,1-2H3,(H,11,13). The number of hydrogen-bond acceptors (Lipinski definition) is 2. The molecular formula is C10H17N2O2P. The first kappa shape index (κ1) is 12.2. The lowest BCUT2D eigenvalue weighted by Crippen LogP contribution is -2.57. The highest BCUT2D eigenvalue weighted by molar-refractivity contribution is 7.36. The highest BCUT2D eigenvalue weighted by Crippen LogP contribution is 2.13. The van der Waals surface area contributed by atoms with E-state index in [1.54, 1.807) is 4.90 Å². The number of nitrogens with zero attached hydrogens (tertiary/aromatic N) is 1. The van der Waals surface area contributed by atoms with E-state index in [4.69, 9.17) is 0 Å². The van der Waals surface area contributed by atoms with Gasteiger partial charge in [0.05, 0.1) is 6.29 Å². The van der Waals surface area contributed by atoms with Crippen molar-refractivity contribution in [1.29, 1.82) is 0 Å². The normalized spacial score (nSPS) is 22.3. The van der Waals surface area contributed by atoms with E-state index in [-0.39, 0.29) is 24.4 Å². The van der Waals surface area contributed by atoms with E-state index in [1.165, 1.54) is 0 Å². The van der Waals surface area contributed by atoms with Crippen LogP contribution in [0.2, 0.25) is 0 Å². The van der Waals surface area contributed by atoms with Gasteiger partial charge in [0, 0.05) is 0 Å². The fourth-order valence-electron chi connectivity index (χ4n) is 1.64. The molecule has 0 aromatic carbocycles. The van der Waals surface area contributed by atoms with E-state index in [0.717, 1.165) is 8.20 Å².